The van der Waals surface area contributed by atoms with Gasteiger partial charge in [-0.15, -0.1) is 0 Å². The molecular formula is C25H32Cl2N2O. The van der Waals surface area contributed by atoms with Gasteiger partial charge in [-0.25, -0.2) is 0 Å². The highest BCUT2D eigenvalue weighted by atomic mass is 35.5. The quantitative estimate of drug-likeness (QED) is 0.465. The highest BCUT2D eigenvalue weighted by Gasteiger charge is 2.19. The number of carbonyl (C=O) groups excluding carboxylic acids is 1. The predicted octanol–water partition coefficient (Wildman–Crippen LogP) is 6.08. The number of hydrogen-bond acceptors (Lipinski definition) is 2. The van der Waals surface area contributed by atoms with E-state index >= 15 is 0 Å². The van der Waals surface area contributed by atoms with Crippen LogP contribution in [0.15, 0.2) is 48.5 Å². The van der Waals surface area contributed by atoms with Crippen molar-refractivity contribution in [3.05, 3.63) is 69.7 Å². The van der Waals surface area contributed by atoms with Crippen molar-refractivity contribution in [2.75, 3.05) is 26.2 Å². The molecule has 0 spiro atoms. The summed E-state index contributed by atoms with van der Waals surface area (Å²) in [6, 6.07) is 15.7. The van der Waals surface area contributed by atoms with Gasteiger partial charge in [0.25, 0.3) is 0 Å². The summed E-state index contributed by atoms with van der Waals surface area (Å²) < 4.78 is 0. The Bertz CT molecular complexity index is 784. The lowest BCUT2D eigenvalue weighted by molar-refractivity contribution is -0.132. The fourth-order valence-electron chi connectivity index (χ4n) is 3.90. The van der Waals surface area contributed by atoms with Crippen molar-refractivity contribution in [1.82, 2.24) is 9.80 Å². The zero-order valence-corrected chi connectivity index (χ0v) is 19.3. The van der Waals surface area contributed by atoms with Crippen LogP contribution in [0.2, 0.25) is 10.0 Å². The number of nitrogens with zero attached hydrogens (tertiary/aromatic N) is 2. The van der Waals surface area contributed by atoms with Gasteiger partial charge in [0, 0.05) is 36.1 Å². The Labute approximate surface area is 191 Å². The van der Waals surface area contributed by atoms with Crippen LogP contribution in [0.1, 0.15) is 43.7 Å². The molecule has 0 aromatic heterocycles. The van der Waals surface area contributed by atoms with Crippen LogP contribution in [-0.4, -0.2) is 41.9 Å². The van der Waals surface area contributed by atoms with Crippen molar-refractivity contribution < 1.29 is 4.79 Å². The molecule has 0 saturated carbocycles. The molecule has 0 aliphatic carbocycles. The molecular weight excluding hydrogens is 415 g/mol. The second-order valence-electron chi connectivity index (χ2n) is 8.45. The average molecular weight is 447 g/mol. The topological polar surface area (TPSA) is 23.6 Å². The number of rotatable bonds is 9. The first kappa shape index (κ1) is 23.1. The van der Waals surface area contributed by atoms with Crippen LogP contribution < -0.4 is 0 Å². The van der Waals surface area contributed by atoms with Gasteiger partial charge in [-0.1, -0.05) is 54.4 Å². The van der Waals surface area contributed by atoms with Gasteiger partial charge < -0.3 is 9.80 Å². The lowest BCUT2D eigenvalue weighted by Gasteiger charge is -2.32. The maximum atomic E-state index is 13.0. The smallest absolute Gasteiger partial charge is 0.222 e. The molecule has 1 aliphatic rings. The maximum absolute atomic E-state index is 13.0. The van der Waals surface area contributed by atoms with E-state index in [4.69, 9.17) is 23.2 Å². The molecule has 30 heavy (non-hydrogen) atoms. The van der Waals surface area contributed by atoms with Crippen LogP contribution in [0.5, 0.6) is 0 Å². The zero-order valence-electron chi connectivity index (χ0n) is 17.8. The van der Waals surface area contributed by atoms with Crippen LogP contribution in [0.3, 0.4) is 0 Å². The van der Waals surface area contributed by atoms with E-state index in [-0.39, 0.29) is 5.91 Å². The SMILES string of the molecule is CC1CCN(CCN(Cc2ccc(Cl)cc2)C(=O)CCCc2ccc(Cl)cc2)CC1. The molecule has 2 aromatic carbocycles. The molecule has 1 fully saturated rings. The molecule has 1 amide bonds. The standard InChI is InChI=1S/C25H32Cl2N2O/c1-20-13-15-28(16-14-20)17-18-29(19-22-7-11-24(27)12-8-22)25(30)4-2-3-21-5-9-23(26)10-6-21/h5-12,20H,2-4,13-19H2,1H3. The Morgan fingerprint density at radius 1 is 0.967 bits per heavy atom. The number of amides is 1. The van der Waals surface area contributed by atoms with Gasteiger partial charge in [0.15, 0.2) is 0 Å². The van der Waals surface area contributed by atoms with Gasteiger partial charge in [-0.2, -0.15) is 0 Å². The van der Waals surface area contributed by atoms with E-state index in [1.807, 2.05) is 53.4 Å². The number of hydrogen-bond donors (Lipinski definition) is 0. The second kappa shape index (κ2) is 11.7. The number of carbonyl (C=O) groups is 1. The second-order valence-corrected chi connectivity index (χ2v) is 9.32. The van der Waals surface area contributed by atoms with Crippen molar-refractivity contribution in [3.8, 4) is 0 Å². The number of piperidine rings is 1. The number of benzene rings is 2. The minimum Gasteiger partial charge on any atom is -0.337 e. The van der Waals surface area contributed by atoms with Gasteiger partial charge in [-0.3, -0.25) is 4.79 Å². The van der Waals surface area contributed by atoms with E-state index in [2.05, 4.69) is 11.8 Å². The molecule has 0 atom stereocenters. The summed E-state index contributed by atoms with van der Waals surface area (Å²) in [4.78, 5) is 17.6. The third-order valence-corrected chi connectivity index (χ3v) is 6.48. The molecule has 2 aromatic rings. The molecule has 1 heterocycles. The Kier molecular flexibility index (Phi) is 9.05. The summed E-state index contributed by atoms with van der Waals surface area (Å²) in [5, 5.41) is 1.47. The third kappa shape index (κ3) is 7.61. The van der Waals surface area contributed by atoms with Crippen molar-refractivity contribution in [2.24, 2.45) is 5.92 Å². The molecule has 3 rings (SSSR count). The lowest BCUT2D eigenvalue weighted by atomic mass is 9.99. The predicted molar refractivity (Wildman–Crippen MR) is 126 cm³/mol. The fourth-order valence-corrected chi connectivity index (χ4v) is 4.15. The molecule has 0 N–H and O–H groups in total. The van der Waals surface area contributed by atoms with E-state index in [0.29, 0.717) is 13.0 Å². The van der Waals surface area contributed by atoms with Crippen molar-refractivity contribution in [2.45, 2.75) is 45.6 Å². The van der Waals surface area contributed by atoms with Gasteiger partial charge in [-0.05, 0) is 80.1 Å². The molecule has 0 radical (unpaired) electrons. The van der Waals surface area contributed by atoms with E-state index in [9.17, 15) is 4.79 Å². The van der Waals surface area contributed by atoms with Crippen LogP contribution >= 0.6 is 23.2 Å². The van der Waals surface area contributed by atoms with Crippen molar-refractivity contribution >= 4 is 29.1 Å². The van der Waals surface area contributed by atoms with Crippen LogP contribution in [0, 0.1) is 5.92 Å². The van der Waals surface area contributed by atoms with Gasteiger partial charge in [0.05, 0.1) is 0 Å². The Morgan fingerprint density at radius 3 is 2.13 bits per heavy atom. The number of halogens is 2. The maximum Gasteiger partial charge on any atom is 0.222 e. The molecule has 0 unspecified atom stereocenters. The largest absolute Gasteiger partial charge is 0.337 e. The van der Waals surface area contributed by atoms with Gasteiger partial charge in [0.1, 0.15) is 0 Å². The van der Waals surface area contributed by atoms with Crippen LogP contribution in [-0.2, 0) is 17.8 Å². The highest BCUT2D eigenvalue weighted by Crippen LogP contribution is 2.17. The first-order valence-electron chi connectivity index (χ1n) is 11.0. The third-order valence-electron chi connectivity index (χ3n) is 5.97. The minimum absolute atomic E-state index is 0.226. The summed E-state index contributed by atoms with van der Waals surface area (Å²) in [7, 11) is 0. The average Bonchev–Trinajstić information content (AvgIpc) is 2.75. The van der Waals surface area contributed by atoms with Crippen LogP contribution in [0.25, 0.3) is 0 Å². The Balaban J connectivity index is 1.54. The first-order chi connectivity index (χ1) is 14.5. The molecule has 5 heteroatoms. The molecule has 3 nitrogen and oxygen atoms in total. The van der Waals surface area contributed by atoms with Gasteiger partial charge in [0.2, 0.25) is 5.91 Å². The van der Waals surface area contributed by atoms with Gasteiger partial charge >= 0.3 is 0 Å². The summed E-state index contributed by atoms with van der Waals surface area (Å²) in [5.41, 5.74) is 2.34. The van der Waals surface area contributed by atoms with E-state index in [1.165, 1.54) is 18.4 Å². The van der Waals surface area contributed by atoms with E-state index in [0.717, 1.165) is 60.5 Å². The van der Waals surface area contributed by atoms with Crippen LogP contribution in [0.4, 0.5) is 0 Å². The number of aryl methyl sites for hydroxylation is 1. The minimum atomic E-state index is 0.226. The number of likely N-dealkylation sites (tertiary alicyclic amines) is 1. The summed E-state index contributed by atoms with van der Waals surface area (Å²) in [6.07, 6.45) is 4.81. The zero-order chi connectivity index (χ0) is 21.3. The van der Waals surface area contributed by atoms with Crippen molar-refractivity contribution in [1.29, 1.82) is 0 Å². The lowest BCUT2D eigenvalue weighted by Crippen LogP contribution is -2.41. The Morgan fingerprint density at radius 2 is 1.53 bits per heavy atom. The summed E-state index contributed by atoms with van der Waals surface area (Å²) in [6.45, 7) is 6.97. The summed E-state index contributed by atoms with van der Waals surface area (Å²) in [5.74, 6) is 1.05. The van der Waals surface area contributed by atoms with Crippen molar-refractivity contribution in [3.63, 3.8) is 0 Å². The molecule has 1 aliphatic heterocycles. The fraction of sp³-hybridized carbons (Fsp3) is 0.480. The first-order valence-corrected chi connectivity index (χ1v) is 11.7. The Hall–Kier alpha value is -1.55. The molecule has 162 valence electrons. The normalized spacial score (nSPS) is 15.3. The molecule has 1 saturated heterocycles. The monoisotopic (exact) mass is 446 g/mol. The van der Waals surface area contributed by atoms with E-state index in [1.54, 1.807) is 0 Å². The highest BCUT2D eigenvalue weighted by molar-refractivity contribution is 6.30. The molecule has 0 bridgehead atoms. The van der Waals surface area contributed by atoms with E-state index < -0.39 is 0 Å². The summed E-state index contributed by atoms with van der Waals surface area (Å²) >= 11 is 12.0.